The van der Waals surface area contributed by atoms with Gasteiger partial charge in [0.05, 0.1) is 12.1 Å². The van der Waals surface area contributed by atoms with Crippen molar-refractivity contribution in [1.29, 1.82) is 0 Å². The van der Waals surface area contributed by atoms with E-state index in [1.165, 1.54) is 13.8 Å². The lowest BCUT2D eigenvalue weighted by Gasteiger charge is -2.13. The van der Waals surface area contributed by atoms with Crippen LogP contribution in [0.3, 0.4) is 0 Å². The Morgan fingerprint density at radius 1 is 1.29 bits per heavy atom. The predicted octanol–water partition coefficient (Wildman–Crippen LogP) is 1.08. The lowest BCUT2D eigenvalue weighted by Crippen LogP contribution is -2.31. The van der Waals surface area contributed by atoms with Crippen LogP contribution in [0.5, 0.6) is 0 Å². The molecule has 0 saturated carbocycles. The Hall–Kier alpha value is -2.17. The molecule has 17 heavy (non-hydrogen) atoms. The number of rotatable bonds is 1. The molecule has 0 fully saturated rings. The summed E-state index contributed by atoms with van der Waals surface area (Å²) in [7, 11) is 0. The SMILES string of the molecule is CC(=O)Nc1ccc2c(c1)CC(=O)N2C(C)=O. The molecule has 1 aliphatic rings. The number of imide groups is 1. The molecule has 0 atom stereocenters. The Labute approximate surface area is 98.4 Å². The minimum absolute atomic E-state index is 0.169. The summed E-state index contributed by atoms with van der Waals surface area (Å²) in [6.45, 7) is 2.77. The van der Waals surface area contributed by atoms with E-state index < -0.39 is 0 Å². The van der Waals surface area contributed by atoms with Crippen molar-refractivity contribution in [3.05, 3.63) is 23.8 Å². The lowest BCUT2D eigenvalue weighted by atomic mass is 10.1. The quantitative estimate of drug-likeness (QED) is 0.787. The first-order valence-corrected chi connectivity index (χ1v) is 5.23. The zero-order chi connectivity index (χ0) is 12.6. The summed E-state index contributed by atoms with van der Waals surface area (Å²) in [5.74, 6) is -0.689. The van der Waals surface area contributed by atoms with Gasteiger partial charge >= 0.3 is 0 Å². The highest BCUT2D eigenvalue weighted by atomic mass is 16.2. The first-order valence-electron chi connectivity index (χ1n) is 5.23. The van der Waals surface area contributed by atoms with Crippen LogP contribution in [0.25, 0.3) is 0 Å². The predicted molar refractivity (Wildman–Crippen MR) is 62.6 cm³/mol. The van der Waals surface area contributed by atoms with Crippen LogP contribution in [-0.2, 0) is 20.8 Å². The summed E-state index contributed by atoms with van der Waals surface area (Å²) >= 11 is 0. The second-order valence-electron chi connectivity index (χ2n) is 3.95. The monoisotopic (exact) mass is 232 g/mol. The Bertz CT molecular complexity index is 522. The minimum Gasteiger partial charge on any atom is -0.326 e. The molecule has 2 rings (SSSR count). The molecule has 1 heterocycles. The van der Waals surface area contributed by atoms with Crippen LogP contribution >= 0.6 is 0 Å². The number of nitrogens with zero attached hydrogens (tertiary/aromatic N) is 1. The van der Waals surface area contributed by atoms with Crippen molar-refractivity contribution in [1.82, 2.24) is 0 Å². The van der Waals surface area contributed by atoms with Gasteiger partial charge in [-0.2, -0.15) is 0 Å². The lowest BCUT2D eigenvalue weighted by molar-refractivity contribution is -0.124. The summed E-state index contributed by atoms with van der Waals surface area (Å²) in [5, 5.41) is 2.64. The van der Waals surface area contributed by atoms with E-state index in [2.05, 4.69) is 5.32 Å². The van der Waals surface area contributed by atoms with Crippen LogP contribution in [0.15, 0.2) is 18.2 Å². The summed E-state index contributed by atoms with van der Waals surface area (Å²) in [5.41, 5.74) is 2.00. The number of carbonyl (C=O) groups excluding carboxylic acids is 3. The van der Waals surface area contributed by atoms with Gasteiger partial charge in [0, 0.05) is 19.5 Å². The molecule has 0 unspecified atom stereocenters. The first kappa shape index (κ1) is 11.3. The van der Waals surface area contributed by atoms with Crippen molar-refractivity contribution < 1.29 is 14.4 Å². The van der Waals surface area contributed by atoms with Crippen LogP contribution in [0.2, 0.25) is 0 Å². The Morgan fingerprint density at radius 3 is 2.59 bits per heavy atom. The van der Waals surface area contributed by atoms with Crippen molar-refractivity contribution >= 4 is 29.1 Å². The number of hydrogen-bond donors (Lipinski definition) is 1. The molecular formula is C12H12N2O3. The van der Waals surface area contributed by atoms with E-state index in [1.54, 1.807) is 18.2 Å². The van der Waals surface area contributed by atoms with E-state index in [4.69, 9.17) is 0 Å². The molecule has 3 amide bonds. The maximum atomic E-state index is 11.6. The number of carbonyl (C=O) groups is 3. The van der Waals surface area contributed by atoms with Crippen LogP contribution in [0.4, 0.5) is 11.4 Å². The van der Waals surface area contributed by atoms with E-state index in [0.717, 1.165) is 10.5 Å². The van der Waals surface area contributed by atoms with Crippen molar-refractivity contribution in [2.75, 3.05) is 10.2 Å². The zero-order valence-corrected chi connectivity index (χ0v) is 9.61. The highest BCUT2D eigenvalue weighted by molar-refractivity contribution is 6.18. The third kappa shape index (κ3) is 2.04. The van der Waals surface area contributed by atoms with Gasteiger partial charge in [0.25, 0.3) is 0 Å². The standard InChI is InChI=1S/C12H12N2O3/c1-7(15)13-10-3-4-11-9(5-10)6-12(17)14(11)8(2)16/h3-5H,6H2,1-2H3,(H,13,15). The van der Waals surface area contributed by atoms with Gasteiger partial charge in [-0.15, -0.1) is 0 Å². The fourth-order valence-electron chi connectivity index (χ4n) is 1.95. The molecular weight excluding hydrogens is 220 g/mol. The summed E-state index contributed by atoms with van der Waals surface area (Å²) < 4.78 is 0. The largest absolute Gasteiger partial charge is 0.326 e. The van der Waals surface area contributed by atoms with Crippen LogP contribution in [0.1, 0.15) is 19.4 Å². The van der Waals surface area contributed by atoms with Gasteiger partial charge < -0.3 is 5.32 Å². The molecule has 1 aliphatic heterocycles. The van der Waals surface area contributed by atoms with Gasteiger partial charge in [0.15, 0.2) is 0 Å². The molecule has 1 aromatic carbocycles. The Balaban J connectivity index is 2.37. The molecule has 5 nitrogen and oxygen atoms in total. The molecule has 1 N–H and O–H groups in total. The van der Waals surface area contributed by atoms with Crippen LogP contribution in [0, 0.1) is 0 Å². The third-order valence-electron chi connectivity index (χ3n) is 2.55. The smallest absolute Gasteiger partial charge is 0.238 e. The highest BCUT2D eigenvalue weighted by Gasteiger charge is 2.30. The molecule has 5 heteroatoms. The minimum atomic E-state index is -0.291. The fourth-order valence-corrected chi connectivity index (χ4v) is 1.95. The molecule has 88 valence electrons. The maximum Gasteiger partial charge on any atom is 0.238 e. The summed E-state index contributed by atoms with van der Waals surface area (Å²) in [4.78, 5) is 35.0. The van der Waals surface area contributed by atoms with Gasteiger partial charge in [0.1, 0.15) is 0 Å². The number of hydrogen-bond acceptors (Lipinski definition) is 3. The second kappa shape index (κ2) is 4.01. The second-order valence-corrected chi connectivity index (χ2v) is 3.95. The van der Waals surface area contributed by atoms with Crippen LogP contribution < -0.4 is 10.2 Å². The fraction of sp³-hybridized carbons (Fsp3) is 0.250. The normalized spacial score (nSPS) is 13.5. The van der Waals surface area contributed by atoms with E-state index >= 15 is 0 Å². The number of nitrogens with one attached hydrogen (secondary N) is 1. The van der Waals surface area contributed by atoms with Crippen LogP contribution in [-0.4, -0.2) is 17.7 Å². The number of benzene rings is 1. The van der Waals surface area contributed by atoms with Crippen molar-refractivity contribution in [2.45, 2.75) is 20.3 Å². The molecule has 0 spiro atoms. The summed E-state index contributed by atoms with van der Waals surface area (Å²) in [6, 6.07) is 5.07. The molecule has 0 aliphatic carbocycles. The topological polar surface area (TPSA) is 66.5 Å². The summed E-state index contributed by atoms with van der Waals surface area (Å²) in [6.07, 6.45) is 0.197. The van der Waals surface area contributed by atoms with Crippen molar-refractivity contribution in [2.24, 2.45) is 0 Å². The van der Waals surface area contributed by atoms with E-state index in [1.807, 2.05) is 0 Å². The van der Waals surface area contributed by atoms with E-state index in [0.29, 0.717) is 11.4 Å². The highest BCUT2D eigenvalue weighted by Crippen LogP contribution is 2.31. The van der Waals surface area contributed by atoms with Gasteiger partial charge in [-0.25, -0.2) is 0 Å². The average molecular weight is 232 g/mol. The van der Waals surface area contributed by atoms with Gasteiger partial charge in [-0.1, -0.05) is 0 Å². The van der Waals surface area contributed by atoms with Gasteiger partial charge in [-0.3, -0.25) is 19.3 Å². The van der Waals surface area contributed by atoms with Gasteiger partial charge in [-0.05, 0) is 23.8 Å². The maximum absolute atomic E-state index is 11.6. The molecule has 0 aromatic heterocycles. The molecule has 1 aromatic rings. The number of anilines is 2. The van der Waals surface area contributed by atoms with E-state index in [9.17, 15) is 14.4 Å². The Morgan fingerprint density at radius 2 is 2.00 bits per heavy atom. The number of amides is 3. The molecule has 0 bridgehead atoms. The first-order chi connectivity index (χ1) is 7.99. The molecule has 0 radical (unpaired) electrons. The average Bonchev–Trinajstić information content (AvgIpc) is 2.51. The van der Waals surface area contributed by atoms with Crippen molar-refractivity contribution in [3.8, 4) is 0 Å². The van der Waals surface area contributed by atoms with Crippen molar-refractivity contribution in [3.63, 3.8) is 0 Å². The number of fused-ring (bicyclic) bond motifs is 1. The van der Waals surface area contributed by atoms with E-state index in [-0.39, 0.29) is 24.1 Å². The zero-order valence-electron chi connectivity index (χ0n) is 9.61. The molecule has 0 saturated heterocycles. The third-order valence-corrected chi connectivity index (χ3v) is 2.55. The Kier molecular flexibility index (Phi) is 2.67. The van der Waals surface area contributed by atoms with Gasteiger partial charge in [0.2, 0.25) is 17.7 Å².